The Morgan fingerprint density at radius 2 is 1.76 bits per heavy atom. The van der Waals surface area contributed by atoms with E-state index in [1.165, 1.54) is 30.3 Å². The highest BCUT2D eigenvalue weighted by molar-refractivity contribution is 6.39. The molecule has 0 bridgehead atoms. The molecule has 8 nitrogen and oxygen atoms in total. The number of halogens is 1. The monoisotopic (exact) mass is 394 g/mol. The van der Waals surface area contributed by atoms with Crippen molar-refractivity contribution in [3.05, 3.63) is 75.9 Å². The number of carbonyl (C=O) groups excluding carboxylic acids is 3. The summed E-state index contributed by atoms with van der Waals surface area (Å²) in [6.45, 7) is 0. The quantitative estimate of drug-likeness (QED) is 0.509. The third kappa shape index (κ3) is 3.14. The van der Waals surface area contributed by atoms with E-state index in [-0.39, 0.29) is 28.0 Å². The van der Waals surface area contributed by atoms with Crippen molar-refractivity contribution in [1.82, 2.24) is 5.32 Å². The number of imide groups is 2. The maximum Gasteiger partial charge on any atom is 0.335 e. The van der Waals surface area contributed by atoms with Crippen molar-refractivity contribution in [2.45, 2.75) is 0 Å². The van der Waals surface area contributed by atoms with E-state index in [0.717, 1.165) is 24.5 Å². The van der Waals surface area contributed by atoms with Crippen LogP contribution in [-0.2, 0) is 9.59 Å². The van der Waals surface area contributed by atoms with Crippen LogP contribution in [0.1, 0.15) is 5.56 Å². The number of rotatable bonds is 2. The van der Waals surface area contributed by atoms with Crippen LogP contribution in [-0.4, -0.2) is 23.0 Å². The maximum absolute atomic E-state index is 13.1. The predicted molar refractivity (Wildman–Crippen MR) is 99.6 cm³/mol. The summed E-state index contributed by atoms with van der Waals surface area (Å²) in [5, 5.41) is 11.6. The van der Waals surface area contributed by atoms with Gasteiger partial charge in [-0.2, -0.15) is 0 Å². The SMILES string of the molecule is O=C1NC(=O)N(c2ccc(F)cc2)C(=O)C1=Cc1coc2ccc(O)cc2c1=O. The first kappa shape index (κ1) is 18.1. The molecule has 1 fully saturated rings. The number of hydrogen-bond donors (Lipinski definition) is 2. The second-order valence-electron chi connectivity index (χ2n) is 6.13. The Bertz CT molecular complexity index is 1280. The number of aromatic hydroxyl groups is 1. The van der Waals surface area contributed by atoms with E-state index in [4.69, 9.17) is 4.42 Å². The van der Waals surface area contributed by atoms with Gasteiger partial charge in [0.2, 0.25) is 0 Å². The van der Waals surface area contributed by atoms with Crippen LogP contribution in [0.3, 0.4) is 0 Å². The fourth-order valence-corrected chi connectivity index (χ4v) is 2.87. The third-order valence-corrected chi connectivity index (χ3v) is 4.27. The molecule has 144 valence electrons. The van der Waals surface area contributed by atoms with Gasteiger partial charge in [-0.25, -0.2) is 14.1 Å². The molecule has 2 aromatic carbocycles. The topological polar surface area (TPSA) is 117 Å². The van der Waals surface area contributed by atoms with Gasteiger partial charge in [0.15, 0.2) is 5.43 Å². The minimum absolute atomic E-state index is 0.0442. The second-order valence-corrected chi connectivity index (χ2v) is 6.13. The van der Waals surface area contributed by atoms with E-state index in [1.807, 2.05) is 5.32 Å². The molecule has 4 rings (SSSR count). The molecular formula is C20H11FN2O6. The summed E-state index contributed by atoms with van der Waals surface area (Å²) in [6.07, 6.45) is 2.06. The number of nitrogens with zero attached hydrogens (tertiary/aromatic N) is 1. The number of barbiturate groups is 1. The van der Waals surface area contributed by atoms with Gasteiger partial charge in [0, 0.05) is 0 Å². The first-order chi connectivity index (χ1) is 13.8. The molecule has 9 heteroatoms. The van der Waals surface area contributed by atoms with E-state index in [1.54, 1.807) is 0 Å². The Balaban J connectivity index is 1.81. The first-order valence-corrected chi connectivity index (χ1v) is 8.27. The molecule has 0 saturated carbocycles. The van der Waals surface area contributed by atoms with Crippen molar-refractivity contribution in [3.8, 4) is 5.75 Å². The molecule has 1 aliphatic heterocycles. The Morgan fingerprint density at radius 3 is 2.48 bits per heavy atom. The molecule has 2 heterocycles. The molecule has 4 amide bonds. The molecule has 0 radical (unpaired) electrons. The summed E-state index contributed by atoms with van der Waals surface area (Å²) in [6, 6.07) is 7.45. The van der Waals surface area contributed by atoms with E-state index >= 15 is 0 Å². The Hall–Kier alpha value is -4.27. The smallest absolute Gasteiger partial charge is 0.335 e. The minimum atomic E-state index is -1.00. The van der Waals surface area contributed by atoms with Crippen LogP contribution in [0.15, 0.2) is 63.5 Å². The van der Waals surface area contributed by atoms with Crippen LogP contribution in [0.2, 0.25) is 0 Å². The number of benzene rings is 2. The summed E-state index contributed by atoms with van der Waals surface area (Å²) in [5.74, 6) is -2.70. The van der Waals surface area contributed by atoms with Crippen LogP contribution in [0, 0.1) is 5.82 Å². The standard InChI is InChI=1S/C20H11FN2O6/c21-11-1-3-12(4-2-11)23-19(27)15(18(26)22-20(23)28)7-10-9-29-16-6-5-13(24)8-14(16)17(10)25/h1-9,24H,(H,22,26,28). The largest absolute Gasteiger partial charge is 0.508 e. The van der Waals surface area contributed by atoms with Gasteiger partial charge < -0.3 is 9.52 Å². The molecule has 0 aliphatic carbocycles. The summed E-state index contributed by atoms with van der Waals surface area (Å²) in [7, 11) is 0. The lowest BCUT2D eigenvalue weighted by molar-refractivity contribution is -0.122. The molecule has 29 heavy (non-hydrogen) atoms. The summed E-state index contributed by atoms with van der Waals surface area (Å²) in [4.78, 5) is 50.4. The molecule has 1 saturated heterocycles. The highest BCUT2D eigenvalue weighted by atomic mass is 19.1. The van der Waals surface area contributed by atoms with Crippen molar-refractivity contribution in [2.75, 3.05) is 4.90 Å². The zero-order chi connectivity index (χ0) is 20.7. The van der Waals surface area contributed by atoms with E-state index in [0.29, 0.717) is 4.90 Å². The Morgan fingerprint density at radius 1 is 1.03 bits per heavy atom. The number of amides is 4. The van der Waals surface area contributed by atoms with Crippen LogP contribution >= 0.6 is 0 Å². The van der Waals surface area contributed by atoms with Crippen LogP contribution < -0.4 is 15.6 Å². The Kier molecular flexibility index (Phi) is 4.19. The van der Waals surface area contributed by atoms with Gasteiger partial charge >= 0.3 is 6.03 Å². The summed E-state index contributed by atoms with van der Waals surface area (Å²) in [5.41, 5.74) is -0.948. The normalized spacial score (nSPS) is 15.8. The number of phenolic OH excluding ortho intramolecular Hbond substituents is 1. The van der Waals surface area contributed by atoms with Crippen molar-refractivity contribution in [2.24, 2.45) is 0 Å². The minimum Gasteiger partial charge on any atom is -0.508 e. The van der Waals surface area contributed by atoms with Crippen LogP contribution in [0.4, 0.5) is 14.9 Å². The number of fused-ring (bicyclic) bond motifs is 1. The van der Waals surface area contributed by atoms with Crippen LogP contribution in [0.5, 0.6) is 5.75 Å². The van der Waals surface area contributed by atoms with Gasteiger partial charge in [-0.1, -0.05) is 0 Å². The first-order valence-electron chi connectivity index (χ1n) is 8.27. The molecule has 0 atom stereocenters. The molecular weight excluding hydrogens is 383 g/mol. The zero-order valence-electron chi connectivity index (χ0n) is 14.5. The maximum atomic E-state index is 13.1. The number of urea groups is 1. The highest BCUT2D eigenvalue weighted by Crippen LogP contribution is 2.23. The van der Waals surface area contributed by atoms with Gasteiger partial charge in [0.25, 0.3) is 11.8 Å². The number of carbonyl (C=O) groups is 3. The van der Waals surface area contributed by atoms with Crippen molar-refractivity contribution in [1.29, 1.82) is 0 Å². The van der Waals surface area contributed by atoms with E-state index in [9.17, 15) is 28.7 Å². The summed E-state index contributed by atoms with van der Waals surface area (Å²) >= 11 is 0. The second kappa shape index (κ2) is 6.71. The molecule has 2 N–H and O–H groups in total. The van der Waals surface area contributed by atoms with E-state index < -0.39 is 34.7 Å². The average molecular weight is 394 g/mol. The lowest BCUT2D eigenvalue weighted by Gasteiger charge is -2.26. The lowest BCUT2D eigenvalue weighted by atomic mass is 10.1. The van der Waals surface area contributed by atoms with Gasteiger partial charge in [0.05, 0.1) is 16.6 Å². The molecule has 3 aromatic rings. The van der Waals surface area contributed by atoms with Crippen molar-refractivity contribution < 1.29 is 28.3 Å². The van der Waals surface area contributed by atoms with Crippen molar-refractivity contribution in [3.63, 3.8) is 0 Å². The third-order valence-electron chi connectivity index (χ3n) is 4.27. The highest BCUT2D eigenvalue weighted by Gasteiger charge is 2.37. The molecule has 0 unspecified atom stereocenters. The van der Waals surface area contributed by atoms with E-state index in [2.05, 4.69) is 0 Å². The average Bonchev–Trinajstić information content (AvgIpc) is 2.68. The number of nitrogens with one attached hydrogen (secondary N) is 1. The number of anilines is 1. The fourth-order valence-electron chi connectivity index (χ4n) is 2.87. The Labute approximate surface area is 161 Å². The predicted octanol–water partition coefficient (Wildman–Crippen LogP) is 2.30. The lowest BCUT2D eigenvalue weighted by Crippen LogP contribution is -2.54. The van der Waals surface area contributed by atoms with Gasteiger partial charge in [-0.3, -0.25) is 19.7 Å². The molecule has 1 aliphatic rings. The van der Waals surface area contributed by atoms with Gasteiger partial charge in [-0.05, 0) is 48.5 Å². The van der Waals surface area contributed by atoms with Crippen LogP contribution in [0.25, 0.3) is 17.0 Å². The van der Waals surface area contributed by atoms with Crippen molar-refractivity contribution >= 4 is 40.6 Å². The number of hydrogen-bond acceptors (Lipinski definition) is 6. The number of phenols is 1. The van der Waals surface area contributed by atoms with Gasteiger partial charge in [0.1, 0.15) is 29.0 Å². The summed E-state index contributed by atoms with van der Waals surface area (Å²) < 4.78 is 18.5. The molecule has 1 aromatic heterocycles. The fraction of sp³-hybridized carbons (Fsp3) is 0. The zero-order valence-corrected chi connectivity index (χ0v) is 14.5. The molecule has 0 spiro atoms. The van der Waals surface area contributed by atoms with Gasteiger partial charge in [-0.15, -0.1) is 0 Å².